The molecular weight excluding hydrogens is 306 g/mol. The predicted molar refractivity (Wildman–Crippen MR) is 105 cm³/mol. The van der Waals surface area contributed by atoms with E-state index in [2.05, 4.69) is 77.8 Å². The Kier molecular flexibility index (Phi) is 4.00. The van der Waals surface area contributed by atoms with Crippen LogP contribution in [-0.4, -0.2) is 15.3 Å². The van der Waals surface area contributed by atoms with Gasteiger partial charge in [-0.1, -0.05) is 37.3 Å². The molecule has 0 saturated carbocycles. The summed E-state index contributed by atoms with van der Waals surface area (Å²) in [6.07, 6.45) is 5.88. The molecule has 0 aliphatic carbocycles. The van der Waals surface area contributed by atoms with Crippen molar-refractivity contribution in [2.45, 2.75) is 39.7 Å². The lowest BCUT2D eigenvalue weighted by molar-refractivity contribution is 0.617. The van der Waals surface area contributed by atoms with Gasteiger partial charge >= 0.3 is 0 Å². The molecule has 2 aromatic carbocycles. The lowest BCUT2D eigenvalue weighted by atomic mass is 9.97. The Balaban J connectivity index is 1.59. The van der Waals surface area contributed by atoms with Gasteiger partial charge in [0, 0.05) is 18.7 Å². The number of benzene rings is 2. The highest BCUT2D eigenvalue weighted by Gasteiger charge is 2.15. The summed E-state index contributed by atoms with van der Waals surface area (Å²) in [6.45, 7) is 6.54. The first-order valence-electron chi connectivity index (χ1n) is 8.97. The fraction of sp³-hybridized carbons (Fsp3) is 0.273. The van der Waals surface area contributed by atoms with Crippen molar-refractivity contribution in [2.75, 3.05) is 0 Å². The molecule has 1 aliphatic rings. The topological polar surface area (TPSA) is 30.2 Å². The second kappa shape index (κ2) is 6.32. The van der Waals surface area contributed by atoms with Crippen molar-refractivity contribution >= 4 is 22.3 Å². The van der Waals surface area contributed by atoms with Crippen molar-refractivity contribution in [1.82, 2.24) is 9.55 Å². The van der Waals surface area contributed by atoms with E-state index in [0.29, 0.717) is 6.04 Å². The lowest BCUT2D eigenvalue weighted by Gasteiger charge is -2.09. The molecule has 3 heteroatoms. The van der Waals surface area contributed by atoms with Crippen LogP contribution in [0.2, 0.25) is 0 Å². The second-order valence-electron chi connectivity index (χ2n) is 6.91. The van der Waals surface area contributed by atoms with Gasteiger partial charge in [-0.2, -0.15) is 0 Å². The normalized spacial score (nSPS) is 14.2. The molecule has 1 aromatic heterocycles. The van der Waals surface area contributed by atoms with Crippen LogP contribution in [0.1, 0.15) is 49.9 Å². The van der Waals surface area contributed by atoms with Gasteiger partial charge in [0.05, 0.1) is 23.1 Å². The first-order chi connectivity index (χ1) is 12.2. The minimum Gasteiger partial charge on any atom is -0.328 e. The van der Waals surface area contributed by atoms with E-state index in [0.717, 1.165) is 24.1 Å². The van der Waals surface area contributed by atoms with Crippen molar-refractivity contribution in [3.05, 3.63) is 71.7 Å². The van der Waals surface area contributed by atoms with E-state index in [9.17, 15) is 0 Å². The van der Waals surface area contributed by atoms with Gasteiger partial charge in [-0.05, 0) is 54.7 Å². The number of allylic oxidation sites excluding steroid dienone is 1. The van der Waals surface area contributed by atoms with E-state index in [-0.39, 0.29) is 0 Å². The Hall–Kier alpha value is -2.68. The largest absolute Gasteiger partial charge is 0.328 e. The maximum absolute atomic E-state index is 4.69. The molecule has 0 atom stereocenters. The average Bonchev–Trinajstić information content (AvgIpc) is 3.28. The molecule has 4 rings (SSSR count). The number of hydrogen-bond acceptors (Lipinski definition) is 2. The molecule has 0 amide bonds. The Morgan fingerprint density at radius 3 is 2.76 bits per heavy atom. The number of aromatic nitrogens is 2. The molecule has 3 nitrogen and oxygen atoms in total. The van der Waals surface area contributed by atoms with Crippen LogP contribution in [0.4, 0.5) is 0 Å². The Morgan fingerprint density at radius 1 is 1.08 bits per heavy atom. The fourth-order valence-electron chi connectivity index (χ4n) is 3.39. The number of imidazole rings is 1. The summed E-state index contributed by atoms with van der Waals surface area (Å²) in [5.74, 6) is 0. The number of fused-ring (bicyclic) bond motifs is 1. The van der Waals surface area contributed by atoms with Crippen LogP contribution < -0.4 is 0 Å². The Bertz CT molecular complexity index is 989. The van der Waals surface area contributed by atoms with E-state index in [1.54, 1.807) is 0 Å². The maximum atomic E-state index is 4.69. The maximum Gasteiger partial charge on any atom is 0.0960 e. The standard InChI is InChI=1S/C22H23N3/c1-4-16-6-5-7-17(10-16)19-12-20(23-13-19)18-8-9-22-21(11-18)24-14-25(22)15(2)3/h5-11,13-15H,4,12H2,1-3H3. The Morgan fingerprint density at radius 2 is 1.96 bits per heavy atom. The summed E-state index contributed by atoms with van der Waals surface area (Å²) in [5.41, 5.74) is 8.45. The minimum absolute atomic E-state index is 0.416. The smallest absolute Gasteiger partial charge is 0.0960 e. The van der Waals surface area contributed by atoms with Crippen LogP contribution in [0.25, 0.3) is 16.6 Å². The summed E-state index contributed by atoms with van der Waals surface area (Å²) in [5, 5.41) is 0. The molecule has 25 heavy (non-hydrogen) atoms. The van der Waals surface area contributed by atoms with E-state index in [4.69, 9.17) is 0 Å². The van der Waals surface area contributed by atoms with E-state index in [1.165, 1.54) is 27.8 Å². The van der Waals surface area contributed by atoms with Gasteiger partial charge in [0.1, 0.15) is 0 Å². The fourth-order valence-corrected chi connectivity index (χ4v) is 3.39. The first-order valence-corrected chi connectivity index (χ1v) is 8.97. The van der Waals surface area contributed by atoms with Gasteiger partial charge in [-0.25, -0.2) is 4.98 Å². The monoisotopic (exact) mass is 329 g/mol. The summed E-state index contributed by atoms with van der Waals surface area (Å²) in [6, 6.07) is 15.7. The first kappa shape index (κ1) is 15.8. The zero-order valence-electron chi connectivity index (χ0n) is 15.0. The van der Waals surface area contributed by atoms with Crippen LogP contribution in [0.15, 0.2) is 60.0 Å². The van der Waals surface area contributed by atoms with E-state index >= 15 is 0 Å². The molecule has 0 saturated heterocycles. The molecule has 1 aliphatic heterocycles. The molecule has 0 spiro atoms. The average molecular weight is 329 g/mol. The Labute approximate surface area is 148 Å². The quantitative estimate of drug-likeness (QED) is 0.629. The van der Waals surface area contributed by atoms with Gasteiger partial charge in [0.2, 0.25) is 0 Å². The number of aliphatic imine (C=N–C) groups is 1. The predicted octanol–water partition coefficient (Wildman–Crippen LogP) is 5.41. The number of hydrogen-bond donors (Lipinski definition) is 0. The third-order valence-electron chi connectivity index (χ3n) is 4.90. The zero-order valence-corrected chi connectivity index (χ0v) is 15.0. The van der Waals surface area contributed by atoms with Crippen LogP contribution >= 0.6 is 0 Å². The third kappa shape index (κ3) is 2.91. The van der Waals surface area contributed by atoms with Gasteiger partial charge in [0.25, 0.3) is 0 Å². The molecule has 0 unspecified atom stereocenters. The van der Waals surface area contributed by atoms with E-state index < -0.39 is 0 Å². The van der Waals surface area contributed by atoms with Gasteiger partial charge in [-0.15, -0.1) is 0 Å². The van der Waals surface area contributed by atoms with Crippen molar-refractivity contribution < 1.29 is 0 Å². The number of rotatable bonds is 4. The second-order valence-corrected chi connectivity index (χ2v) is 6.91. The van der Waals surface area contributed by atoms with Crippen molar-refractivity contribution in [3.8, 4) is 0 Å². The molecule has 3 aromatic rings. The summed E-state index contributed by atoms with van der Waals surface area (Å²) in [7, 11) is 0. The van der Waals surface area contributed by atoms with Gasteiger partial charge < -0.3 is 4.57 Å². The summed E-state index contributed by atoms with van der Waals surface area (Å²) in [4.78, 5) is 9.25. The molecule has 0 bridgehead atoms. The van der Waals surface area contributed by atoms with Crippen LogP contribution in [0, 0.1) is 0 Å². The lowest BCUT2D eigenvalue weighted by Crippen LogP contribution is -2.00. The minimum atomic E-state index is 0.416. The van der Waals surface area contributed by atoms with Crippen LogP contribution in [0.3, 0.4) is 0 Å². The number of nitrogens with zero attached hydrogens (tertiary/aromatic N) is 3. The summed E-state index contributed by atoms with van der Waals surface area (Å²) >= 11 is 0. The highest BCUT2D eigenvalue weighted by Crippen LogP contribution is 2.28. The highest BCUT2D eigenvalue weighted by molar-refractivity contribution is 6.10. The van der Waals surface area contributed by atoms with Crippen molar-refractivity contribution in [3.63, 3.8) is 0 Å². The molecule has 0 N–H and O–H groups in total. The zero-order chi connectivity index (χ0) is 17.4. The van der Waals surface area contributed by atoms with E-state index in [1.807, 2.05) is 12.5 Å². The third-order valence-corrected chi connectivity index (χ3v) is 4.90. The molecule has 126 valence electrons. The van der Waals surface area contributed by atoms with Crippen LogP contribution in [-0.2, 0) is 6.42 Å². The summed E-state index contributed by atoms with van der Waals surface area (Å²) < 4.78 is 2.20. The highest BCUT2D eigenvalue weighted by atomic mass is 15.1. The van der Waals surface area contributed by atoms with Gasteiger partial charge in [-0.3, -0.25) is 4.99 Å². The van der Waals surface area contributed by atoms with Crippen LogP contribution in [0.5, 0.6) is 0 Å². The van der Waals surface area contributed by atoms with Crippen molar-refractivity contribution in [2.24, 2.45) is 4.99 Å². The molecule has 0 radical (unpaired) electrons. The molecule has 0 fully saturated rings. The number of aryl methyl sites for hydroxylation is 1. The SMILES string of the molecule is CCc1cccc(C2=CN=C(c3ccc4c(c3)ncn4C(C)C)C2)c1. The molecular formula is C22H23N3. The van der Waals surface area contributed by atoms with Gasteiger partial charge in [0.15, 0.2) is 0 Å². The van der Waals surface area contributed by atoms with Crippen molar-refractivity contribution in [1.29, 1.82) is 0 Å². The molecule has 2 heterocycles.